The van der Waals surface area contributed by atoms with Crippen molar-refractivity contribution in [2.24, 2.45) is 10.4 Å². The molecule has 0 atom stereocenters. The van der Waals surface area contributed by atoms with Gasteiger partial charge in [0.1, 0.15) is 5.01 Å². The maximum absolute atomic E-state index is 12.5. The van der Waals surface area contributed by atoms with E-state index in [0.29, 0.717) is 11.0 Å². The molecule has 1 heterocycles. The van der Waals surface area contributed by atoms with E-state index in [4.69, 9.17) is 0 Å². The minimum atomic E-state index is -4.39. The predicted molar refractivity (Wildman–Crippen MR) is 99.4 cm³/mol. The maximum atomic E-state index is 12.5. The zero-order chi connectivity index (χ0) is 16.8. The molecular formula is C14H24F3IN4S. The molecule has 0 aliphatic rings. The van der Waals surface area contributed by atoms with E-state index in [-0.39, 0.29) is 35.9 Å². The second-order valence-electron chi connectivity index (χ2n) is 6.14. The van der Waals surface area contributed by atoms with Gasteiger partial charge in [-0.25, -0.2) is 4.98 Å². The highest BCUT2D eigenvalue weighted by molar-refractivity contribution is 14.0. The van der Waals surface area contributed by atoms with E-state index in [1.807, 2.05) is 0 Å². The van der Waals surface area contributed by atoms with E-state index < -0.39 is 11.9 Å². The number of aromatic nitrogens is 1. The number of hydrogen-bond acceptors (Lipinski definition) is 3. The van der Waals surface area contributed by atoms with E-state index in [2.05, 4.69) is 41.4 Å². The lowest BCUT2D eigenvalue weighted by atomic mass is 9.91. The van der Waals surface area contributed by atoms with Crippen molar-refractivity contribution in [3.8, 4) is 0 Å². The highest BCUT2D eigenvalue weighted by atomic mass is 127. The van der Waals surface area contributed by atoms with E-state index in [1.54, 1.807) is 7.05 Å². The van der Waals surface area contributed by atoms with Crippen LogP contribution in [0.5, 0.6) is 0 Å². The molecular weight excluding hydrogens is 440 g/mol. The third kappa shape index (κ3) is 9.33. The van der Waals surface area contributed by atoms with Crippen LogP contribution in [0.25, 0.3) is 0 Å². The van der Waals surface area contributed by atoms with Crippen LogP contribution < -0.4 is 10.6 Å². The van der Waals surface area contributed by atoms with Crippen LogP contribution in [0.3, 0.4) is 0 Å². The first kappa shape index (κ1) is 22.4. The zero-order valence-corrected chi connectivity index (χ0v) is 16.9. The molecule has 0 aliphatic carbocycles. The van der Waals surface area contributed by atoms with E-state index in [9.17, 15) is 13.2 Å². The molecule has 1 aromatic heterocycles. The van der Waals surface area contributed by atoms with Gasteiger partial charge in [-0.05, 0) is 18.3 Å². The summed E-state index contributed by atoms with van der Waals surface area (Å²) < 4.78 is 37.4. The van der Waals surface area contributed by atoms with Crippen LogP contribution in [-0.4, -0.2) is 24.5 Å². The highest BCUT2D eigenvalue weighted by Crippen LogP contribution is 2.29. The van der Waals surface area contributed by atoms with Crippen molar-refractivity contribution in [3.05, 3.63) is 16.1 Å². The minimum absolute atomic E-state index is 0. The summed E-state index contributed by atoms with van der Waals surface area (Å²) >= 11 is 0.984. The average molecular weight is 464 g/mol. The van der Waals surface area contributed by atoms with Gasteiger partial charge in [0.2, 0.25) is 0 Å². The molecule has 9 heteroatoms. The van der Waals surface area contributed by atoms with Crippen molar-refractivity contribution in [3.63, 3.8) is 0 Å². The highest BCUT2D eigenvalue weighted by Gasteiger charge is 2.33. The number of thiazole rings is 1. The number of hydrogen-bond donors (Lipinski definition) is 2. The number of guanidine groups is 1. The van der Waals surface area contributed by atoms with Gasteiger partial charge in [-0.15, -0.1) is 35.3 Å². The predicted octanol–water partition coefficient (Wildman–Crippen LogP) is 4.27. The van der Waals surface area contributed by atoms with Crippen LogP contribution in [0.2, 0.25) is 0 Å². The number of aliphatic imine (C=N–C) groups is 1. The summed E-state index contributed by atoms with van der Waals surface area (Å²) in [7, 11) is 1.63. The molecule has 23 heavy (non-hydrogen) atoms. The molecule has 0 saturated heterocycles. The lowest BCUT2D eigenvalue weighted by molar-refractivity contribution is -0.140. The second-order valence-corrected chi connectivity index (χ2v) is 7.08. The number of nitrogens with zero attached hydrogens (tertiary/aromatic N) is 2. The minimum Gasteiger partial charge on any atom is -0.356 e. The molecule has 0 spiro atoms. The van der Waals surface area contributed by atoms with Crippen LogP contribution in [0.4, 0.5) is 13.2 Å². The smallest absolute Gasteiger partial charge is 0.356 e. The van der Waals surface area contributed by atoms with Gasteiger partial charge in [-0.2, -0.15) is 13.2 Å². The van der Waals surface area contributed by atoms with Crippen LogP contribution >= 0.6 is 35.3 Å². The Morgan fingerprint density at radius 3 is 2.39 bits per heavy atom. The quantitative estimate of drug-likeness (QED) is 0.296. The first-order chi connectivity index (χ1) is 10.1. The Morgan fingerprint density at radius 1 is 1.26 bits per heavy atom. The van der Waals surface area contributed by atoms with Crippen molar-refractivity contribution in [2.45, 2.75) is 46.3 Å². The van der Waals surface area contributed by atoms with Crippen LogP contribution in [0.1, 0.15) is 44.3 Å². The Kier molecular flexibility index (Phi) is 9.41. The second kappa shape index (κ2) is 9.65. The Balaban J connectivity index is 0.00000484. The summed E-state index contributed by atoms with van der Waals surface area (Å²) in [6.07, 6.45) is -2.31. The molecule has 2 N–H and O–H groups in total. The average Bonchev–Trinajstić information content (AvgIpc) is 2.85. The molecule has 1 rings (SSSR count). The number of rotatable bonds is 5. The fraction of sp³-hybridized carbons (Fsp3) is 0.714. The molecule has 0 radical (unpaired) electrons. The van der Waals surface area contributed by atoms with Crippen LogP contribution in [0.15, 0.2) is 10.4 Å². The van der Waals surface area contributed by atoms with E-state index in [1.165, 1.54) is 0 Å². The van der Waals surface area contributed by atoms with Crippen molar-refractivity contribution in [2.75, 3.05) is 13.6 Å². The maximum Gasteiger partial charge on any atom is 0.434 e. The largest absolute Gasteiger partial charge is 0.434 e. The first-order valence-corrected chi connectivity index (χ1v) is 7.96. The van der Waals surface area contributed by atoms with Crippen molar-refractivity contribution >= 4 is 41.3 Å². The summed E-state index contributed by atoms with van der Waals surface area (Å²) in [6, 6.07) is 0. The normalized spacial score (nSPS) is 12.7. The SMILES string of the molecule is CN=C(NCCCC(C)(C)C)NCc1nc(C(F)(F)F)cs1.I. The van der Waals surface area contributed by atoms with Gasteiger partial charge < -0.3 is 10.6 Å². The number of alkyl halides is 3. The van der Waals surface area contributed by atoms with Crippen LogP contribution in [0, 0.1) is 5.41 Å². The van der Waals surface area contributed by atoms with Crippen molar-refractivity contribution < 1.29 is 13.2 Å². The molecule has 1 aromatic rings. The third-order valence-corrected chi connectivity index (χ3v) is 3.72. The van der Waals surface area contributed by atoms with Crippen molar-refractivity contribution in [1.82, 2.24) is 15.6 Å². The molecule has 134 valence electrons. The van der Waals surface area contributed by atoms with Gasteiger partial charge in [0.15, 0.2) is 11.7 Å². The molecule has 0 bridgehead atoms. The molecule has 0 aromatic carbocycles. The van der Waals surface area contributed by atoms with E-state index in [0.717, 1.165) is 36.1 Å². The van der Waals surface area contributed by atoms with Gasteiger partial charge in [0.25, 0.3) is 0 Å². The third-order valence-electron chi connectivity index (χ3n) is 2.87. The van der Waals surface area contributed by atoms with Gasteiger partial charge in [0, 0.05) is 19.0 Å². The molecule has 0 unspecified atom stereocenters. The Labute approximate surface area is 156 Å². The molecule has 0 saturated carbocycles. The summed E-state index contributed by atoms with van der Waals surface area (Å²) in [5.74, 6) is 0.567. The van der Waals surface area contributed by atoms with Crippen LogP contribution in [-0.2, 0) is 12.7 Å². The lowest BCUT2D eigenvalue weighted by Gasteiger charge is -2.18. The molecule has 0 fully saturated rings. The standard InChI is InChI=1S/C14H23F3N4S.HI/c1-13(2,3)6-5-7-19-12(18-4)20-8-11-21-10(9-22-11)14(15,16)17;/h9H,5-8H2,1-4H3,(H2,18,19,20);1H. The monoisotopic (exact) mass is 464 g/mol. The number of nitrogens with one attached hydrogen (secondary N) is 2. The van der Waals surface area contributed by atoms with Gasteiger partial charge in [-0.1, -0.05) is 20.8 Å². The fourth-order valence-corrected chi connectivity index (χ4v) is 2.47. The van der Waals surface area contributed by atoms with Crippen molar-refractivity contribution in [1.29, 1.82) is 0 Å². The Hall–Kier alpha value is -0.580. The summed E-state index contributed by atoms with van der Waals surface area (Å²) in [5, 5.41) is 7.51. The number of halogens is 4. The topological polar surface area (TPSA) is 49.3 Å². The van der Waals surface area contributed by atoms with Gasteiger partial charge in [-0.3, -0.25) is 4.99 Å². The zero-order valence-electron chi connectivity index (χ0n) is 13.8. The Morgan fingerprint density at radius 2 is 1.91 bits per heavy atom. The molecule has 0 aliphatic heterocycles. The fourth-order valence-electron chi connectivity index (χ4n) is 1.73. The summed E-state index contributed by atoms with van der Waals surface area (Å²) in [6.45, 7) is 7.53. The van der Waals surface area contributed by atoms with E-state index >= 15 is 0 Å². The summed E-state index contributed by atoms with van der Waals surface area (Å²) in [5.41, 5.74) is -0.560. The van der Waals surface area contributed by atoms with Gasteiger partial charge in [0.05, 0.1) is 6.54 Å². The van der Waals surface area contributed by atoms with Gasteiger partial charge >= 0.3 is 6.18 Å². The lowest BCUT2D eigenvalue weighted by Crippen LogP contribution is -2.37. The Bertz CT molecular complexity index is 495. The first-order valence-electron chi connectivity index (χ1n) is 7.08. The molecule has 4 nitrogen and oxygen atoms in total. The summed E-state index contributed by atoms with van der Waals surface area (Å²) in [4.78, 5) is 7.61. The molecule has 0 amide bonds.